The molecule has 0 aliphatic carbocycles. The van der Waals surface area contributed by atoms with Crippen molar-refractivity contribution >= 4 is 0 Å². The van der Waals surface area contributed by atoms with E-state index in [0.717, 1.165) is 17.7 Å². The number of benzene rings is 1. The van der Waals surface area contributed by atoms with Crippen molar-refractivity contribution in [3.63, 3.8) is 0 Å². The highest BCUT2D eigenvalue weighted by Crippen LogP contribution is 2.15. The lowest BCUT2D eigenvalue weighted by Crippen LogP contribution is -2.26. The molecule has 1 aromatic heterocycles. The Bertz CT molecular complexity index is 575. The summed E-state index contributed by atoms with van der Waals surface area (Å²) < 4.78 is 1.50. The van der Waals surface area contributed by atoms with E-state index in [1.807, 2.05) is 43.3 Å². The Kier molecular flexibility index (Phi) is 3.89. The molecule has 0 bridgehead atoms. The molecule has 0 spiro atoms. The number of nitrogens with zero attached hydrogens (tertiary/aromatic N) is 2. The van der Waals surface area contributed by atoms with Gasteiger partial charge in [0.05, 0.1) is 5.69 Å². The third-order valence-corrected chi connectivity index (χ3v) is 2.80. The van der Waals surface area contributed by atoms with Gasteiger partial charge in [0.1, 0.15) is 0 Å². The van der Waals surface area contributed by atoms with E-state index < -0.39 is 0 Å². The minimum atomic E-state index is -0.0388. The molecule has 0 saturated carbocycles. The Morgan fingerprint density at radius 1 is 1.28 bits per heavy atom. The Hall–Kier alpha value is -1.94. The van der Waals surface area contributed by atoms with Crippen LogP contribution in [0, 0.1) is 6.92 Å². The van der Waals surface area contributed by atoms with Crippen LogP contribution in [0.3, 0.4) is 0 Å². The molecule has 2 rings (SSSR count). The summed E-state index contributed by atoms with van der Waals surface area (Å²) in [7, 11) is 0. The van der Waals surface area contributed by atoms with E-state index in [9.17, 15) is 4.79 Å². The average Bonchev–Trinajstić information content (AvgIpc) is 2.41. The van der Waals surface area contributed by atoms with E-state index in [0.29, 0.717) is 18.7 Å². The smallest absolute Gasteiger partial charge is 0.269 e. The number of aryl methyl sites for hydroxylation is 2. The number of nitrogens with two attached hydrogens (primary N) is 1. The fraction of sp³-hybridized carbons (Fsp3) is 0.286. The Balaban J connectivity index is 2.44. The maximum atomic E-state index is 11.9. The SMILES string of the molecule is Cc1cc(-c2ccccc2)nn(CCCN)c1=O. The summed E-state index contributed by atoms with van der Waals surface area (Å²) >= 11 is 0. The summed E-state index contributed by atoms with van der Waals surface area (Å²) in [5.74, 6) is 0. The quantitative estimate of drug-likeness (QED) is 0.886. The number of aromatic nitrogens is 2. The van der Waals surface area contributed by atoms with E-state index in [-0.39, 0.29) is 5.56 Å². The van der Waals surface area contributed by atoms with Gasteiger partial charge in [0.25, 0.3) is 5.56 Å². The highest BCUT2D eigenvalue weighted by molar-refractivity contribution is 5.58. The molecule has 0 amide bonds. The van der Waals surface area contributed by atoms with Gasteiger partial charge in [-0.25, -0.2) is 4.68 Å². The fourth-order valence-electron chi connectivity index (χ4n) is 1.82. The average molecular weight is 243 g/mol. The van der Waals surface area contributed by atoms with Crippen LogP contribution >= 0.6 is 0 Å². The maximum absolute atomic E-state index is 11.9. The zero-order valence-corrected chi connectivity index (χ0v) is 10.5. The Morgan fingerprint density at radius 3 is 2.67 bits per heavy atom. The molecule has 1 heterocycles. The first-order chi connectivity index (χ1) is 8.72. The van der Waals surface area contributed by atoms with Gasteiger partial charge in [-0.3, -0.25) is 4.79 Å². The topological polar surface area (TPSA) is 60.9 Å². The molecule has 0 radical (unpaired) electrons. The second-order valence-corrected chi connectivity index (χ2v) is 4.25. The van der Waals surface area contributed by atoms with Crippen molar-refractivity contribution in [3.05, 3.63) is 52.3 Å². The molecule has 0 aliphatic rings. The van der Waals surface area contributed by atoms with Crippen LogP contribution in [-0.2, 0) is 6.54 Å². The van der Waals surface area contributed by atoms with E-state index >= 15 is 0 Å². The molecule has 4 heteroatoms. The van der Waals surface area contributed by atoms with Crippen molar-refractivity contribution in [1.29, 1.82) is 0 Å². The van der Waals surface area contributed by atoms with Crippen molar-refractivity contribution < 1.29 is 0 Å². The molecule has 0 atom stereocenters. The maximum Gasteiger partial charge on any atom is 0.269 e. The molecule has 94 valence electrons. The number of rotatable bonds is 4. The first-order valence-electron chi connectivity index (χ1n) is 6.06. The van der Waals surface area contributed by atoms with Gasteiger partial charge < -0.3 is 5.73 Å². The van der Waals surface area contributed by atoms with Gasteiger partial charge in [0.2, 0.25) is 0 Å². The van der Waals surface area contributed by atoms with Crippen LogP contribution in [0.2, 0.25) is 0 Å². The van der Waals surface area contributed by atoms with Gasteiger partial charge in [-0.05, 0) is 26.0 Å². The molecule has 0 fully saturated rings. The standard InChI is InChI=1S/C14H17N3O/c1-11-10-13(12-6-3-2-4-7-12)16-17(14(11)18)9-5-8-15/h2-4,6-7,10H,5,8-9,15H2,1H3. The van der Waals surface area contributed by atoms with Crippen LogP contribution in [-0.4, -0.2) is 16.3 Å². The first-order valence-corrected chi connectivity index (χ1v) is 6.06. The van der Waals surface area contributed by atoms with Crippen molar-refractivity contribution in [1.82, 2.24) is 9.78 Å². The summed E-state index contributed by atoms with van der Waals surface area (Å²) in [5.41, 5.74) is 7.98. The van der Waals surface area contributed by atoms with Crippen LogP contribution in [0.25, 0.3) is 11.3 Å². The predicted octanol–water partition coefficient (Wildman–Crippen LogP) is 1.57. The van der Waals surface area contributed by atoms with Gasteiger partial charge in [0, 0.05) is 17.7 Å². The van der Waals surface area contributed by atoms with Crippen molar-refractivity contribution in [3.8, 4) is 11.3 Å². The van der Waals surface area contributed by atoms with Crippen LogP contribution in [0.15, 0.2) is 41.2 Å². The lowest BCUT2D eigenvalue weighted by molar-refractivity contribution is 0.553. The summed E-state index contributed by atoms with van der Waals surface area (Å²) in [6.45, 7) is 2.94. The minimum Gasteiger partial charge on any atom is -0.330 e. The zero-order chi connectivity index (χ0) is 13.0. The summed E-state index contributed by atoms with van der Waals surface area (Å²) in [6, 6.07) is 11.7. The summed E-state index contributed by atoms with van der Waals surface area (Å²) in [5, 5.41) is 4.39. The van der Waals surface area contributed by atoms with E-state index in [4.69, 9.17) is 5.73 Å². The van der Waals surface area contributed by atoms with Crippen molar-refractivity contribution in [2.24, 2.45) is 5.73 Å². The molecule has 4 nitrogen and oxygen atoms in total. The number of hydrogen-bond donors (Lipinski definition) is 1. The largest absolute Gasteiger partial charge is 0.330 e. The zero-order valence-electron chi connectivity index (χ0n) is 10.5. The lowest BCUT2D eigenvalue weighted by atomic mass is 10.1. The molecule has 1 aromatic carbocycles. The third kappa shape index (κ3) is 2.65. The predicted molar refractivity (Wildman–Crippen MR) is 72.3 cm³/mol. The van der Waals surface area contributed by atoms with E-state index in [1.54, 1.807) is 0 Å². The second-order valence-electron chi connectivity index (χ2n) is 4.25. The van der Waals surface area contributed by atoms with Crippen molar-refractivity contribution in [2.75, 3.05) is 6.54 Å². The first kappa shape index (κ1) is 12.5. The fourth-order valence-corrected chi connectivity index (χ4v) is 1.82. The normalized spacial score (nSPS) is 10.6. The Morgan fingerprint density at radius 2 is 2.00 bits per heavy atom. The van der Waals surface area contributed by atoms with Gasteiger partial charge in [0.15, 0.2) is 0 Å². The molecule has 0 unspecified atom stereocenters. The molecular weight excluding hydrogens is 226 g/mol. The molecule has 0 saturated heterocycles. The molecule has 0 aliphatic heterocycles. The molecule has 2 aromatic rings. The minimum absolute atomic E-state index is 0.0388. The third-order valence-electron chi connectivity index (χ3n) is 2.80. The van der Waals surface area contributed by atoms with Gasteiger partial charge >= 0.3 is 0 Å². The van der Waals surface area contributed by atoms with E-state index in [2.05, 4.69) is 5.10 Å². The monoisotopic (exact) mass is 243 g/mol. The molecule has 18 heavy (non-hydrogen) atoms. The second kappa shape index (κ2) is 5.60. The summed E-state index contributed by atoms with van der Waals surface area (Å²) in [6.07, 6.45) is 0.755. The van der Waals surface area contributed by atoms with Gasteiger partial charge in [-0.1, -0.05) is 30.3 Å². The molecular formula is C14H17N3O. The number of hydrogen-bond acceptors (Lipinski definition) is 3. The van der Waals surface area contributed by atoms with Crippen LogP contribution in [0.5, 0.6) is 0 Å². The van der Waals surface area contributed by atoms with Crippen LogP contribution < -0.4 is 11.3 Å². The lowest BCUT2D eigenvalue weighted by Gasteiger charge is -2.08. The van der Waals surface area contributed by atoms with Gasteiger partial charge in [-0.15, -0.1) is 0 Å². The highest BCUT2D eigenvalue weighted by Gasteiger charge is 2.06. The van der Waals surface area contributed by atoms with Crippen molar-refractivity contribution in [2.45, 2.75) is 19.9 Å². The Labute approximate surface area is 106 Å². The van der Waals surface area contributed by atoms with Crippen LogP contribution in [0.4, 0.5) is 0 Å². The highest BCUT2D eigenvalue weighted by atomic mass is 16.1. The van der Waals surface area contributed by atoms with E-state index in [1.165, 1.54) is 4.68 Å². The molecule has 2 N–H and O–H groups in total. The summed E-state index contributed by atoms with van der Waals surface area (Å²) in [4.78, 5) is 11.9. The van der Waals surface area contributed by atoms with Crippen LogP contribution in [0.1, 0.15) is 12.0 Å². The van der Waals surface area contributed by atoms with Gasteiger partial charge in [-0.2, -0.15) is 5.10 Å².